The quantitative estimate of drug-likeness (QED) is 0.663. The van der Waals surface area contributed by atoms with Gasteiger partial charge in [-0.2, -0.15) is 5.10 Å². The van der Waals surface area contributed by atoms with E-state index < -0.39 is 16.0 Å². The van der Waals surface area contributed by atoms with Gasteiger partial charge in [0.05, 0.1) is 19.2 Å². The van der Waals surface area contributed by atoms with Crippen LogP contribution in [0.4, 0.5) is 5.69 Å². The lowest BCUT2D eigenvalue weighted by atomic mass is 10.2. The van der Waals surface area contributed by atoms with Gasteiger partial charge in [-0.1, -0.05) is 24.3 Å². The number of benzene rings is 2. The summed E-state index contributed by atoms with van der Waals surface area (Å²) in [5.74, 6) is -0.714. The van der Waals surface area contributed by atoms with E-state index in [4.69, 9.17) is 0 Å². The molecule has 0 aliphatic heterocycles. The third-order valence-corrected chi connectivity index (χ3v) is 5.04. The Kier molecular flexibility index (Phi) is 4.99. The summed E-state index contributed by atoms with van der Waals surface area (Å²) in [7, 11) is -2.74. The molecule has 0 fully saturated rings. The minimum absolute atomic E-state index is 0.0229. The Morgan fingerprint density at radius 2 is 1.88 bits per heavy atom. The van der Waals surface area contributed by atoms with Crippen LogP contribution in [-0.4, -0.2) is 36.3 Å². The van der Waals surface area contributed by atoms with Crippen molar-refractivity contribution in [1.82, 2.24) is 14.8 Å². The fraction of sp³-hybridized carbons (Fsp3) is 0.118. The van der Waals surface area contributed by atoms with Gasteiger partial charge in [0.25, 0.3) is 10.0 Å². The van der Waals surface area contributed by atoms with Crippen LogP contribution in [0.2, 0.25) is 0 Å². The number of ether oxygens (including phenoxy) is 1. The smallest absolute Gasteiger partial charge is 0.339 e. The number of hydrogen-bond acceptors (Lipinski definition) is 6. The third kappa shape index (κ3) is 3.89. The number of sulfonamides is 1. The molecule has 1 heterocycles. The largest absolute Gasteiger partial charge is 0.465 e. The molecule has 8 nitrogen and oxygen atoms in total. The average molecular weight is 372 g/mol. The summed E-state index contributed by atoms with van der Waals surface area (Å²) in [5.41, 5.74) is 1.30. The molecule has 0 saturated heterocycles. The van der Waals surface area contributed by atoms with E-state index in [-0.39, 0.29) is 10.5 Å². The van der Waals surface area contributed by atoms with Crippen LogP contribution in [0.3, 0.4) is 0 Å². The zero-order valence-corrected chi connectivity index (χ0v) is 14.7. The molecule has 134 valence electrons. The van der Waals surface area contributed by atoms with Gasteiger partial charge in [-0.25, -0.2) is 22.9 Å². The van der Waals surface area contributed by atoms with Crippen LogP contribution >= 0.6 is 0 Å². The summed E-state index contributed by atoms with van der Waals surface area (Å²) in [6.07, 6.45) is 3.04. The normalized spacial score (nSPS) is 11.1. The summed E-state index contributed by atoms with van der Waals surface area (Å²) >= 11 is 0. The minimum Gasteiger partial charge on any atom is -0.465 e. The first kappa shape index (κ1) is 17.6. The molecule has 26 heavy (non-hydrogen) atoms. The van der Waals surface area contributed by atoms with Crippen molar-refractivity contribution in [3.8, 4) is 0 Å². The highest BCUT2D eigenvalue weighted by atomic mass is 32.2. The molecule has 0 unspecified atom stereocenters. The predicted molar refractivity (Wildman–Crippen MR) is 94.2 cm³/mol. The molecule has 0 radical (unpaired) electrons. The molecule has 0 amide bonds. The van der Waals surface area contributed by atoms with Gasteiger partial charge in [-0.3, -0.25) is 4.72 Å². The van der Waals surface area contributed by atoms with Crippen LogP contribution < -0.4 is 4.72 Å². The zero-order valence-electron chi connectivity index (χ0n) is 13.9. The standard InChI is InChI=1S/C17H16N4O4S/c1-25-17(22)15-4-2-3-5-16(15)26(23,24)20-14-8-6-13(7-9-14)10-21-12-18-11-19-21/h2-9,11-12,20H,10H2,1H3. The van der Waals surface area contributed by atoms with E-state index in [1.54, 1.807) is 47.4 Å². The number of nitrogens with one attached hydrogen (secondary N) is 1. The fourth-order valence-electron chi connectivity index (χ4n) is 2.37. The van der Waals surface area contributed by atoms with Crippen LogP contribution in [-0.2, 0) is 21.3 Å². The van der Waals surface area contributed by atoms with E-state index >= 15 is 0 Å². The molecular weight excluding hydrogens is 356 g/mol. The number of nitrogens with zero attached hydrogens (tertiary/aromatic N) is 3. The summed E-state index contributed by atoms with van der Waals surface area (Å²) < 4.78 is 34.1. The van der Waals surface area contributed by atoms with E-state index in [2.05, 4.69) is 19.5 Å². The molecule has 0 bridgehead atoms. The first-order valence-electron chi connectivity index (χ1n) is 7.61. The maximum Gasteiger partial charge on any atom is 0.339 e. The number of carbonyl (C=O) groups is 1. The summed E-state index contributed by atoms with van der Waals surface area (Å²) in [6, 6.07) is 12.7. The summed E-state index contributed by atoms with van der Waals surface area (Å²) in [6.45, 7) is 0.526. The Balaban J connectivity index is 1.81. The van der Waals surface area contributed by atoms with Crippen LogP contribution in [0.25, 0.3) is 0 Å². The summed E-state index contributed by atoms with van der Waals surface area (Å²) in [5, 5.41) is 4.02. The number of esters is 1. The van der Waals surface area contributed by atoms with E-state index in [0.29, 0.717) is 12.2 Å². The molecule has 2 aromatic carbocycles. The van der Waals surface area contributed by atoms with Gasteiger partial charge in [0.15, 0.2) is 0 Å². The van der Waals surface area contributed by atoms with E-state index in [9.17, 15) is 13.2 Å². The van der Waals surface area contributed by atoms with Crippen molar-refractivity contribution in [2.24, 2.45) is 0 Å². The molecule has 1 aromatic heterocycles. The lowest BCUT2D eigenvalue weighted by Crippen LogP contribution is -2.17. The van der Waals surface area contributed by atoms with Crippen molar-refractivity contribution >= 4 is 21.7 Å². The highest BCUT2D eigenvalue weighted by Crippen LogP contribution is 2.21. The van der Waals surface area contributed by atoms with Gasteiger partial charge in [-0.05, 0) is 29.8 Å². The zero-order chi connectivity index (χ0) is 18.6. The van der Waals surface area contributed by atoms with Crippen molar-refractivity contribution in [3.63, 3.8) is 0 Å². The van der Waals surface area contributed by atoms with Crippen LogP contribution in [0, 0.1) is 0 Å². The maximum atomic E-state index is 12.6. The van der Waals surface area contributed by atoms with Crippen LogP contribution in [0.15, 0.2) is 66.1 Å². The minimum atomic E-state index is -3.94. The second-order valence-electron chi connectivity index (χ2n) is 5.38. The van der Waals surface area contributed by atoms with Gasteiger partial charge in [-0.15, -0.1) is 0 Å². The van der Waals surface area contributed by atoms with Gasteiger partial charge in [0.1, 0.15) is 17.6 Å². The van der Waals surface area contributed by atoms with E-state index in [1.807, 2.05) is 0 Å². The first-order valence-corrected chi connectivity index (χ1v) is 9.09. The lowest BCUT2D eigenvalue weighted by Gasteiger charge is -2.11. The molecular formula is C17H16N4O4S. The topological polar surface area (TPSA) is 103 Å². The number of rotatable bonds is 6. The van der Waals surface area contributed by atoms with Crippen molar-refractivity contribution in [2.75, 3.05) is 11.8 Å². The first-order chi connectivity index (χ1) is 12.5. The molecule has 0 saturated carbocycles. The van der Waals surface area contributed by atoms with E-state index in [0.717, 1.165) is 5.56 Å². The Labute approximate surface area is 150 Å². The van der Waals surface area contributed by atoms with Crippen LogP contribution in [0.5, 0.6) is 0 Å². The number of methoxy groups -OCH3 is 1. The Morgan fingerprint density at radius 3 is 2.54 bits per heavy atom. The Hall–Kier alpha value is -3.20. The molecule has 0 aliphatic carbocycles. The number of carbonyl (C=O) groups excluding carboxylic acids is 1. The molecule has 0 atom stereocenters. The van der Waals surface area contributed by atoms with E-state index in [1.165, 1.54) is 25.6 Å². The molecule has 9 heteroatoms. The monoisotopic (exact) mass is 372 g/mol. The van der Waals surface area contributed by atoms with Gasteiger partial charge < -0.3 is 4.74 Å². The fourth-order valence-corrected chi connectivity index (χ4v) is 3.62. The molecule has 3 rings (SSSR count). The van der Waals surface area contributed by atoms with Gasteiger partial charge in [0.2, 0.25) is 0 Å². The van der Waals surface area contributed by atoms with Crippen molar-refractivity contribution in [2.45, 2.75) is 11.4 Å². The van der Waals surface area contributed by atoms with Gasteiger partial charge in [0, 0.05) is 5.69 Å². The summed E-state index contributed by atoms with van der Waals surface area (Å²) in [4.78, 5) is 15.5. The molecule has 1 N–H and O–H groups in total. The second-order valence-corrected chi connectivity index (χ2v) is 7.03. The second kappa shape index (κ2) is 7.36. The van der Waals surface area contributed by atoms with Crippen LogP contribution in [0.1, 0.15) is 15.9 Å². The predicted octanol–water partition coefficient (Wildman–Crippen LogP) is 1.91. The average Bonchev–Trinajstić information content (AvgIpc) is 3.15. The number of anilines is 1. The van der Waals surface area contributed by atoms with Crippen molar-refractivity contribution in [1.29, 1.82) is 0 Å². The SMILES string of the molecule is COC(=O)c1ccccc1S(=O)(=O)Nc1ccc(Cn2cncn2)cc1. The van der Waals surface area contributed by atoms with Crippen molar-refractivity contribution < 1.29 is 17.9 Å². The molecule has 3 aromatic rings. The Morgan fingerprint density at radius 1 is 1.15 bits per heavy atom. The molecule has 0 spiro atoms. The lowest BCUT2D eigenvalue weighted by molar-refractivity contribution is 0.0596. The third-order valence-electron chi connectivity index (χ3n) is 3.60. The van der Waals surface area contributed by atoms with Gasteiger partial charge >= 0.3 is 5.97 Å². The maximum absolute atomic E-state index is 12.6. The molecule has 0 aliphatic rings. The number of hydrogen-bond donors (Lipinski definition) is 1. The number of aromatic nitrogens is 3. The highest BCUT2D eigenvalue weighted by molar-refractivity contribution is 7.92. The highest BCUT2D eigenvalue weighted by Gasteiger charge is 2.22. The Bertz CT molecular complexity index is 1000. The van der Waals surface area contributed by atoms with Crippen molar-refractivity contribution in [3.05, 3.63) is 72.3 Å².